The van der Waals surface area contributed by atoms with Crippen LogP contribution in [-0.4, -0.2) is 13.1 Å². The number of nitrogens with zero attached hydrogens (tertiary/aromatic N) is 2. The molecule has 0 unspecified atom stereocenters. The van der Waals surface area contributed by atoms with Crippen LogP contribution >= 0.6 is 0 Å². The van der Waals surface area contributed by atoms with E-state index >= 15 is 0 Å². The molecule has 3 heteroatoms. The maximum atomic E-state index is 4.68. The fourth-order valence-electron chi connectivity index (χ4n) is 6.81. The van der Waals surface area contributed by atoms with Crippen molar-refractivity contribution in [2.24, 2.45) is 0 Å². The Bertz CT molecular complexity index is 2000. The van der Waals surface area contributed by atoms with Gasteiger partial charge in [0.2, 0.25) is 0 Å². The molecule has 0 saturated carbocycles. The van der Waals surface area contributed by atoms with Gasteiger partial charge < -0.3 is 4.90 Å². The molecule has 0 saturated heterocycles. The highest BCUT2D eigenvalue weighted by Crippen LogP contribution is 2.48. The van der Waals surface area contributed by atoms with E-state index in [1.807, 2.05) is 6.20 Å². The number of hydrogen-bond acceptors (Lipinski definition) is 2. The fourth-order valence-corrected chi connectivity index (χ4v) is 9.79. The normalized spacial score (nSPS) is 13.9. The van der Waals surface area contributed by atoms with Crippen molar-refractivity contribution in [1.29, 1.82) is 0 Å². The molecule has 0 bridgehead atoms. The number of fused-ring (bicyclic) bond motifs is 5. The second-order valence-corrected chi connectivity index (χ2v) is 15.6. The minimum Gasteiger partial charge on any atom is -0.309 e. The Morgan fingerprint density at radius 3 is 1.90 bits per heavy atom. The smallest absolute Gasteiger partial charge is 0.117 e. The van der Waals surface area contributed by atoms with E-state index in [1.165, 1.54) is 65.5 Å². The number of anilines is 3. The van der Waals surface area contributed by atoms with Gasteiger partial charge in [0.05, 0.1) is 5.69 Å². The third-order valence-corrected chi connectivity index (χ3v) is 12.2. The number of para-hydroxylation sites is 2. The summed E-state index contributed by atoms with van der Waals surface area (Å²) in [6.45, 7) is 4.95. The molecule has 0 radical (unpaired) electrons. The largest absolute Gasteiger partial charge is 0.309 e. The summed E-state index contributed by atoms with van der Waals surface area (Å²) < 4.78 is 0. The average Bonchev–Trinajstić information content (AvgIpc) is 3.01. The lowest BCUT2D eigenvalue weighted by atomic mass is 9.90. The SMILES string of the molecule is C[Si]1(C)c2ccccc2N(c2c3ccccc3c(-c3ccc4ccccc4c3)c3ccncc23)c2ccccc21. The minimum absolute atomic E-state index is 1.16. The second-order valence-electron chi connectivity index (χ2n) is 11.2. The van der Waals surface area contributed by atoms with E-state index in [0.717, 1.165) is 5.39 Å². The third-order valence-electron chi connectivity index (χ3n) is 8.70. The Labute approximate surface area is 235 Å². The third kappa shape index (κ3) is 3.25. The van der Waals surface area contributed by atoms with E-state index in [9.17, 15) is 0 Å². The summed E-state index contributed by atoms with van der Waals surface area (Å²) in [4.78, 5) is 7.20. The molecule has 0 spiro atoms. The first-order valence-electron chi connectivity index (χ1n) is 13.9. The number of benzene rings is 6. The van der Waals surface area contributed by atoms with Gasteiger partial charge in [-0.25, -0.2) is 0 Å². The van der Waals surface area contributed by atoms with Crippen molar-refractivity contribution in [2.45, 2.75) is 13.1 Å². The van der Waals surface area contributed by atoms with Crippen LogP contribution in [0.3, 0.4) is 0 Å². The zero-order valence-electron chi connectivity index (χ0n) is 22.6. The molecule has 0 fully saturated rings. The molecule has 40 heavy (non-hydrogen) atoms. The van der Waals surface area contributed by atoms with Crippen molar-refractivity contribution >= 4 is 67.8 Å². The van der Waals surface area contributed by atoms with Gasteiger partial charge in [0, 0.05) is 34.5 Å². The molecule has 7 aromatic rings. The van der Waals surface area contributed by atoms with Crippen molar-refractivity contribution in [1.82, 2.24) is 4.98 Å². The summed E-state index contributed by atoms with van der Waals surface area (Å²) in [5, 5.41) is 10.3. The van der Waals surface area contributed by atoms with E-state index in [2.05, 4.69) is 151 Å². The van der Waals surface area contributed by atoms with Gasteiger partial charge >= 0.3 is 0 Å². The van der Waals surface area contributed by atoms with Gasteiger partial charge in [-0.1, -0.05) is 110 Å². The Balaban J connectivity index is 1.52. The average molecular weight is 529 g/mol. The van der Waals surface area contributed by atoms with Crippen molar-refractivity contribution in [3.8, 4) is 11.1 Å². The first-order chi connectivity index (χ1) is 19.6. The van der Waals surface area contributed by atoms with Crippen molar-refractivity contribution in [2.75, 3.05) is 4.90 Å². The standard InChI is InChI=1S/C37H28N2Si/c1-40(2)34-17-9-7-15-32(34)39(33-16-8-10-18-35(33)40)37-30-14-6-5-13-28(30)36(29-21-22-38-24-31(29)37)27-20-19-25-11-3-4-12-26(25)23-27/h3-24H,1-2H3. The lowest BCUT2D eigenvalue weighted by Crippen LogP contribution is -2.58. The molecule has 8 rings (SSSR count). The molecule has 0 N–H and O–H groups in total. The van der Waals surface area contributed by atoms with Crippen LogP contribution in [0, 0.1) is 0 Å². The van der Waals surface area contributed by atoms with Crippen LogP contribution in [0.25, 0.3) is 43.4 Å². The van der Waals surface area contributed by atoms with Crippen molar-refractivity contribution in [3.63, 3.8) is 0 Å². The molecule has 0 aliphatic carbocycles. The van der Waals surface area contributed by atoms with E-state index in [4.69, 9.17) is 0 Å². The van der Waals surface area contributed by atoms with Gasteiger partial charge in [0.25, 0.3) is 0 Å². The van der Waals surface area contributed by atoms with Crippen LogP contribution in [0.2, 0.25) is 13.1 Å². The summed E-state index contributed by atoms with van der Waals surface area (Å²) in [6, 6.07) is 44.6. The van der Waals surface area contributed by atoms with Crippen molar-refractivity contribution < 1.29 is 0 Å². The van der Waals surface area contributed by atoms with E-state index in [-0.39, 0.29) is 0 Å². The van der Waals surface area contributed by atoms with Gasteiger partial charge in [0.15, 0.2) is 0 Å². The zero-order valence-corrected chi connectivity index (χ0v) is 23.6. The molecular weight excluding hydrogens is 501 g/mol. The van der Waals surface area contributed by atoms with Gasteiger partial charge in [-0.3, -0.25) is 4.98 Å². The predicted molar refractivity (Wildman–Crippen MR) is 174 cm³/mol. The molecule has 0 amide bonds. The van der Waals surface area contributed by atoms with Gasteiger partial charge in [0.1, 0.15) is 8.07 Å². The molecule has 2 heterocycles. The summed E-state index contributed by atoms with van der Waals surface area (Å²) in [7, 11) is -1.89. The number of hydrogen-bond donors (Lipinski definition) is 0. The lowest BCUT2D eigenvalue weighted by molar-refractivity contribution is 1.30. The molecule has 2 nitrogen and oxygen atoms in total. The number of aromatic nitrogens is 1. The zero-order chi connectivity index (χ0) is 26.8. The molecular formula is C37H28N2Si. The van der Waals surface area contributed by atoms with Crippen LogP contribution in [0.15, 0.2) is 134 Å². The highest BCUT2D eigenvalue weighted by Gasteiger charge is 2.39. The Kier molecular flexibility index (Phi) is 5.00. The summed E-state index contributed by atoms with van der Waals surface area (Å²) in [5.74, 6) is 0. The maximum absolute atomic E-state index is 4.68. The van der Waals surface area contributed by atoms with Crippen LogP contribution in [0.5, 0.6) is 0 Å². The molecule has 190 valence electrons. The molecule has 1 aliphatic rings. The van der Waals surface area contributed by atoms with Gasteiger partial charge in [-0.2, -0.15) is 0 Å². The topological polar surface area (TPSA) is 16.1 Å². The first-order valence-corrected chi connectivity index (χ1v) is 16.9. The highest BCUT2D eigenvalue weighted by atomic mass is 28.3. The monoisotopic (exact) mass is 528 g/mol. The number of rotatable bonds is 2. The van der Waals surface area contributed by atoms with E-state index in [0.29, 0.717) is 0 Å². The predicted octanol–water partition coefficient (Wildman–Crippen LogP) is 8.81. The Hall–Kier alpha value is -4.73. The van der Waals surface area contributed by atoms with Crippen LogP contribution in [-0.2, 0) is 0 Å². The van der Waals surface area contributed by atoms with Crippen LogP contribution in [0.4, 0.5) is 17.1 Å². The maximum Gasteiger partial charge on any atom is 0.117 e. The second kappa shape index (κ2) is 8.64. The molecule has 6 aromatic carbocycles. The van der Waals surface area contributed by atoms with E-state index in [1.54, 1.807) is 0 Å². The van der Waals surface area contributed by atoms with Crippen LogP contribution < -0.4 is 15.3 Å². The van der Waals surface area contributed by atoms with Crippen molar-refractivity contribution in [3.05, 3.63) is 134 Å². The quantitative estimate of drug-likeness (QED) is 0.165. The van der Waals surface area contributed by atoms with Crippen LogP contribution in [0.1, 0.15) is 0 Å². The first kappa shape index (κ1) is 23.2. The Morgan fingerprint density at radius 1 is 0.550 bits per heavy atom. The lowest BCUT2D eigenvalue weighted by Gasteiger charge is -2.41. The molecule has 0 atom stereocenters. The van der Waals surface area contributed by atoms with Gasteiger partial charge in [-0.15, -0.1) is 0 Å². The Morgan fingerprint density at radius 2 is 1.15 bits per heavy atom. The number of pyridine rings is 1. The summed E-state index contributed by atoms with van der Waals surface area (Å²) in [5.41, 5.74) is 6.26. The van der Waals surface area contributed by atoms with E-state index < -0.39 is 8.07 Å². The fraction of sp³-hybridized carbons (Fsp3) is 0.0541. The highest BCUT2D eigenvalue weighted by molar-refractivity contribution is 7.02. The molecule has 1 aromatic heterocycles. The summed E-state index contributed by atoms with van der Waals surface area (Å²) >= 11 is 0. The minimum atomic E-state index is -1.89. The summed E-state index contributed by atoms with van der Waals surface area (Å²) in [6.07, 6.45) is 3.99. The van der Waals surface area contributed by atoms with Gasteiger partial charge in [-0.05, 0) is 67.3 Å². The molecule has 1 aliphatic heterocycles.